The number of hydrogen-bond donors (Lipinski definition) is 1. The van der Waals surface area contributed by atoms with Crippen LogP contribution in [0.4, 0.5) is 11.4 Å². The van der Waals surface area contributed by atoms with Crippen molar-refractivity contribution >= 4 is 45.8 Å². The summed E-state index contributed by atoms with van der Waals surface area (Å²) in [5.74, 6) is -0.527. The number of rotatable bonds is 4. The molecule has 0 radical (unpaired) electrons. The number of halogens is 1. The van der Waals surface area contributed by atoms with Crippen molar-refractivity contribution in [2.24, 2.45) is 7.05 Å². The van der Waals surface area contributed by atoms with Crippen LogP contribution in [0, 0.1) is 0 Å². The molecule has 0 unspecified atom stereocenters. The number of piperazine rings is 1. The number of aromatic nitrogens is 3. The second-order valence-electron chi connectivity index (χ2n) is 7.81. The number of nitrogens with zero attached hydrogens (tertiary/aromatic N) is 5. The van der Waals surface area contributed by atoms with Gasteiger partial charge in [0.1, 0.15) is 11.9 Å². The molecule has 0 bridgehead atoms. The van der Waals surface area contributed by atoms with Gasteiger partial charge in [0.05, 0.1) is 5.69 Å². The average Bonchev–Trinajstić information content (AvgIpc) is 2.80. The summed E-state index contributed by atoms with van der Waals surface area (Å²) < 4.78 is 2.16. The molecule has 0 spiro atoms. The third kappa shape index (κ3) is 4.47. The second kappa shape index (κ2) is 9.07. The predicted octanol–water partition coefficient (Wildman–Crippen LogP) is 1.06. The molecule has 4 rings (SSSR count). The van der Waals surface area contributed by atoms with E-state index in [1.165, 1.54) is 18.5 Å². The van der Waals surface area contributed by atoms with Crippen molar-refractivity contribution in [1.82, 2.24) is 19.0 Å². The smallest absolute Gasteiger partial charge is 0.332 e. The third-order valence-corrected chi connectivity index (χ3v) is 5.91. The van der Waals surface area contributed by atoms with Gasteiger partial charge in [0.15, 0.2) is 5.65 Å². The normalized spacial score (nSPS) is 13.9. The van der Waals surface area contributed by atoms with Gasteiger partial charge in [-0.25, -0.2) is 9.78 Å². The first-order valence-corrected chi connectivity index (χ1v) is 10.8. The van der Waals surface area contributed by atoms with Crippen LogP contribution in [0.1, 0.15) is 6.92 Å². The summed E-state index contributed by atoms with van der Waals surface area (Å²) in [6.07, 6.45) is 1.55. The lowest BCUT2D eigenvalue weighted by atomic mass is 10.2. The molecule has 3 aromatic rings. The van der Waals surface area contributed by atoms with Gasteiger partial charge in [-0.2, -0.15) is 0 Å². The Bertz CT molecular complexity index is 1360. The number of benzene rings is 1. The van der Waals surface area contributed by atoms with Crippen LogP contribution in [0.15, 0.2) is 46.1 Å². The Morgan fingerprint density at radius 1 is 1.12 bits per heavy atom. The minimum Gasteiger partial charge on any atom is -0.367 e. The number of nitrogens with one attached hydrogen (secondary N) is 1. The highest BCUT2D eigenvalue weighted by Crippen LogP contribution is 2.23. The number of aryl methyl sites for hydroxylation is 1. The molecule has 1 aliphatic heterocycles. The standard InChI is InChI=1S/C22H23ClN6O4/c1-14(30)27-8-10-28(11-9-27)17-6-7-24-20-19(17)21(32)29(22(33)26(20)2)13-18(31)25-16-5-3-4-15(23)12-16/h3-7,12H,8-11,13H2,1-2H3,(H,25,31). The molecule has 0 saturated carbocycles. The summed E-state index contributed by atoms with van der Waals surface area (Å²) in [5, 5.41) is 3.36. The van der Waals surface area contributed by atoms with Crippen molar-refractivity contribution in [3.63, 3.8) is 0 Å². The Morgan fingerprint density at radius 2 is 1.85 bits per heavy atom. The van der Waals surface area contributed by atoms with E-state index < -0.39 is 23.7 Å². The monoisotopic (exact) mass is 470 g/mol. The quantitative estimate of drug-likeness (QED) is 0.610. The second-order valence-corrected chi connectivity index (χ2v) is 8.25. The van der Waals surface area contributed by atoms with Gasteiger partial charge in [0, 0.05) is 57.1 Å². The van der Waals surface area contributed by atoms with Gasteiger partial charge >= 0.3 is 5.69 Å². The molecular formula is C22H23ClN6O4. The summed E-state index contributed by atoms with van der Waals surface area (Å²) in [5.41, 5.74) is 0.0888. The molecule has 2 amide bonds. The van der Waals surface area contributed by atoms with Crippen LogP contribution in [0.2, 0.25) is 5.02 Å². The van der Waals surface area contributed by atoms with Gasteiger partial charge in [0.2, 0.25) is 11.8 Å². The van der Waals surface area contributed by atoms with Crippen LogP contribution < -0.4 is 21.5 Å². The fraction of sp³-hybridized carbons (Fsp3) is 0.318. The molecule has 0 atom stereocenters. The fourth-order valence-corrected chi connectivity index (χ4v) is 4.16. The largest absolute Gasteiger partial charge is 0.367 e. The van der Waals surface area contributed by atoms with Crippen molar-refractivity contribution < 1.29 is 9.59 Å². The molecule has 33 heavy (non-hydrogen) atoms. The van der Waals surface area contributed by atoms with Crippen LogP contribution >= 0.6 is 11.6 Å². The molecule has 2 aromatic heterocycles. The zero-order chi connectivity index (χ0) is 23.7. The number of anilines is 2. The molecule has 11 heteroatoms. The molecule has 1 N–H and O–H groups in total. The molecule has 1 saturated heterocycles. The first-order chi connectivity index (χ1) is 15.8. The summed E-state index contributed by atoms with van der Waals surface area (Å²) in [6, 6.07) is 8.31. The Morgan fingerprint density at radius 3 is 2.52 bits per heavy atom. The van der Waals surface area contributed by atoms with E-state index >= 15 is 0 Å². The van der Waals surface area contributed by atoms with Gasteiger partial charge < -0.3 is 15.1 Å². The minimum absolute atomic E-state index is 0.00436. The van der Waals surface area contributed by atoms with Crippen molar-refractivity contribution in [2.45, 2.75) is 13.5 Å². The summed E-state index contributed by atoms with van der Waals surface area (Å²) in [4.78, 5) is 58.5. The summed E-state index contributed by atoms with van der Waals surface area (Å²) in [6.45, 7) is 3.20. The highest BCUT2D eigenvalue weighted by molar-refractivity contribution is 6.30. The molecule has 172 valence electrons. The van der Waals surface area contributed by atoms with E-state index in [9.17, 15) is 19.2 Å². The maximum absolute atomic E-state index is 13.4. The van der Waals surface area contributed by atoms with Crippen molar-refractivity contribution in [2.75, 3.05) is 36.4 Å². The number of amides is 2. The van der Waals surface area contributed by atoms with E-state index in [1.807, 2.05) is 4.90 Å². The van der Waals surface area contributed by atoms with Gasteiger partial charge in [-0.1, -0.05) is 17.7 Å². The number of carbonyl (C=O) groups is 2. The molecule has 1 aromatic carbocycles. The Labute approximate surface area is 194 Å². The van der Waals surface area contributed by atoms with Gasteiger partial charge in [-0.15, -0.1) is 0 Å². The Kier molecular flexibility index (Phi) is 6.19. The molecule has 1 fully saturated rings. The number of fused-ring (bicyclic) bond motifs is 1. The highest BCUT2D eigenvalue weighted by atomic mass is 35.5. The van der Waals surface area contributed by atoms with Crippen molar-refractivity contribution in [1.29, 1.82) is 0 Å². The van der Waals surface area contributed by atoms with E-state index in [0.717, 1.165) is 4.57 Å². The number of carbonyl (C=O) groups excluding carboxylic acids is 2. The third-order valence-electron chi connectivity index (χ3n) is 5.68. The SMILES string of the molecule is CC(=O)N1CCN(c2ccnc3c2c(=O)n(CC(=O)Nc2cccc(Cl)c2)c(=O)n3C)CC1. The topological polar surface area (TPSA) is 110 Å². The minimum atomic E-state index is -0.639. The van der Waals surface area contributed by atoms with Gasteiger partial charge in [0.25, 0.3) is 5.56 Å². The van der Waals surface area contributed by atoms with Crippen molar-refractivity contribution in [3.05, 3.63) is 62.4 Å². The first-order valence-electron chi connectivity index (χ1n) is 10.4. The first kappa shape index (κ1) is 22.5. The lowest BCUT2D eigenvalue weighted by Gasteiger charge is -2.36. The summed E-state index contributed by atoms with van der Waals surface area (Å²) >= 11 is 5.95. The molecule has 3 heterocycles. The van der Waals surface area contributed by atoms with Gasteiger partial charge in [-0.3, -0.25) is 23.5 Å². The number of pyridine rings is 1. The van der Waals surface area contributed by atoms with Crippen LogP contribution in [-0.4, -0.2) is 57.0 Å². The fourth-order valence-electron chi connectivity index (χ4n) is 3.97. The maximum atomic E-state index is 13.4. The van der Waals surface area contributed by atoms with Gasteiger partial charge in [-0.05, 0) is 24.3 Å². The van der Waals surface area contributed by atoms with E-state index in [2.05, 4.69) is 10.3 Å². The van der Waals surface area contributed by atoms with E-state index in [4.69, 9.17) is 11.6 Å². The zero-order valence-electron chi connectivity index (χ0n) is 18.2. The number of hydrogen-bond acceptors (Lipinski definition) is 6. The van der Waals surface area contributed by atoms with Crippen LogP contribution in [0.25, 0.3) is 11.0 Å². The van der Waals surface area contributed by atoms with E-state index in [0.29, 0.717) is 42.6 Å². The highest BCUT2D eigenvalue weighted by Gasteiger charge is 2.24. The molecule has 1 aliphatic rings. The van der Waals surface area contributed by atoms with Crippen LogP contribution in [-0.2, 0) is 23.2 Å². The summed E-state index contributed by atoms with van der Waals surface area (Å²) in [7, 11) is 1.51. The molecule has 10 nitrogen and oxygen atoms in total. The van der Waals surface area contributed by atoms with E-state index in [1.54, 1.807) is 41.4 Å². The Balaban J connectivity index is 1.70. The van der Waals surface area contributed by atoms with Crippen LogP contribution in [0.3, 0.4) is 0 Å². The van der Waals surface area contributed by atoms with Crippen LogP contribution in [0.5, 0.6) is 0 Å². The van der Waals surface area contributed by atoms with E-state index in [-0.39, 0.29) is 16.9 Å². The Hall–Kier alpha value is -3.66. The molecule has 0 aliphatic carbocycles. The predicted molar refractivity (Wildman–Crippen MR) is 126 cm³/mol. The zero-order valence-corrected chi connectivity index (χ0v) is 19.0. The maximum Gasteiger partial charge on any atom is 0.332 e. The molecular weight excluding hydrogens is 448 g/mol. The lowest BCUT2D eigenvalue weighted by molar-refractivity contribution is -0.129. The average molecular weight is 471 g/mol. The lowest BCUT2D eigenvalue weighted by Crippen LogP contribution is -2.49. The van der Waals surface area contributed by atoms with Crippen molar-refractivity contribution in [3.8, 4) is 0 Å².